The lowest BCUT2D eigenvalue weighted by Crippen LogP contribution is -2.34. The van der Waals surface area contributed by atoms with Gasteiger partial charge in [-0.25, -0.2) is 8.42 Å². The van der Waals surface area contributed by atoms with E-state index in [0.717, 1.165) is 30.5 Å². The number of fused-ring (bicyclic) bond motifs is 2. The topological polar surface area (TPSA) is 84.3 Å². The van der Waals surface area contributed by atoms with Crippen LogP contribution in [0.5, 0.6) is 0 Å². The van der Waals surface area contributed by atoms with Crippen LogP contribution in [-0.2, 0) is 34.2 Å². The zero-order valence-corrected chi connectivity index (χ0v) is 19.7. The number of para-hydroxylation sites is 1. The quantitative estimate of drug-likeness (QED) is 0.627. The molecule has 1 N–H and O–H groups in total. The van der Waals surface area contributed by atoms with E-state index in [1.165, 1.54) is 20.1 Å². The maximum atomic E-state index is 13.6. The second kappa shape index (κ2) is 8.33. The fourth-order valence-electron chi connectivity index (χ4n) is 5.16. The number of hydrogen-bond acceptors (Lipinski definition) is 4. The van der Waals surface area contributed by atoms with E-state index in [4.69, 9.17) is 0 Å². The van der Waals surface area contributed by atoms with Crippen molar-refractivity contribution in [3.8, 4) is 0 Å². The molecular weight excluding hydrogens is 436 g/mol. The largest absolute Gasteiger partial charge is 0.348 e. The van der Waals surface area contributed by atoms with Crippen molar-refractivity contribution in [1.29, 1.82) is 0 Å². The molecule has 0 spiro atoms. The van der Waals surface area contributed by atoms with Crippen LogP contribution in [0.2, 0.25) is 0 Å². The number of aromatic nitrogens is 2. The van der Waals surface area contributed by atoms with Gasteiger partial charge in [-0.2, -0.15) is 5.10 Å². The van der Waals surface area contributed by atoms with Crippen molar-refractivity contribution < 1.29 is 13.2 Å². The molecule has 0 unspecified atom stereocenters. The number of amides is 1. The number of nitrogens with zero attached hydrogens (tertiary/aromatic N) is 3. The molecule has 0 radical (unpaired) electrons. The third-order valence-electron chi connectivity index (χ3n) is 6.71. The summed E-state index contributed by atoms with van der Waals surface area (Å²) in [5.74, 6) is -0.169. The van der Waals surface area contributed by atoms with Crippen molar-refractivity contribution in [3.05, 3.63) is 76.6 Å². The van der Waals surface area contributed by atoms with Gasteiger partial charge in [-0.3, -0.25) is 13.8 Å². The van der Waals surface area contributed by atoms with Crippen LogP contribution in [0.3, 0.4) is 0 Å². The number of benzene rings is 2. The van der Waals surface area contributed by atoms with Crippen molar-refractivity contribution >= 4 is 21.6 Å². The van der Waals surface area contributed by atoms with Gasteiger partial charge in [0.25, 0.3) is 10.0 Å². The van der Waals surface area contributed by atoms with Gasteiger partial charge in [-0.15, -0.1) is 0 Å². The molecule has 1 aromatic heterocycles. The number of carbonyl (C=O) groups excluding carboxylic acids is 1. The van der Waals surface area contributed by atoms with E-state index in [1.807, 2.05) is 36.4 Å². The number of hydrogen-bond donors (Lipinski definition) is 1. The average molecular weight is 465 g/mol. The van der Waals surface area contributed by atoms with E-state index in [1.54, 1.807) is 13.8 Å². The van der Waals surface area contributed by atoms with Gasteiger partial charge in [0.1, 0.15) is 11.4 Å². The number of nitrogens with one attached hydrogen (secondary N) is 1. The Morgan fingerprint density at radius 3 is 2.61 bits per heavy atom. The highest BCUT2D eigenvalue weighted by molar-refractivity contribution is 7.93. The Morgan fingerprint density at radius 2 is 1.79 bits per heavy atom. The molecule has 1 aliphatic heterocycles. The van der Waals surface area contributed by atoms with Crippen molar-refractivity contribution in [2.45, 2.75) is 57.0 Å². The first-order chi connectivity index (χ1) is 15.9. The Balaban J connectivity index is 1.37. The number of rotatable bonds is 5. The van der Waals surface area contributed by atoms with E-state index in [9.17, 15) is 13.2 Å². The molecule has 0 saturated carbocycles. The van der Waals surface area contributed by atoms with Crippen molar-refractivity contribution in [2.24, 2.45) is 0 Å². The van der Waals surface area contributed by atoms with Gasteiger partial charge in [0.2, 0.25) is 5.91 Å². The third-order valence-corrected chi connectivity index (χ3v) is 8.77. The number of aryl methyl sites for hydroxylation is 2. The van der Waals surface area contributed by atoms with Crippen LogP contribution in [0.25, 0.3) is 0 Å². The maximum Gasteiger partial charge on any atom is 0.268 e. The van der Waals surface area contributed by atoms with Crippen LogP contribution in [0.4, 0.5) is 5.69 Å². The van der Waals surface area contributed by atoms with Gasteiger partial charge in [0, 0.05) is 6.54 Å². The van der Waals surface area contributed by atoms with Gasteiger partial charge in [-0.05, 0) is 62.3 Å². The van der Waals surface area contributed by atoms with E-state index in [-0.39, 0.29) is 23.4 Å². The fourth-order valence-corrected chi connectivity index (χ4v) is 7.04. The minimum absolute atomic E-state index is 0.0164. The summed E-state index contributed by atoms with van der Waals surface area (Å²) in [6.45, 7) is 3.80. The Hall–Kier alpha value is -3.13. The molecule has 1 atom stereocenters. The van der Waals surface area contributed by atoms with Gasteiger partial charge < -0.3 is 5.32 Å². The Morgan fingerprint density at radius 1 is 1.06 bits per heavy atom. The Kier molecular flexibility index (Phi) is 5.48. The smallest absolute Gasteiger partial charge is 0.268 e. The summed E-state index contributed by atoms with van der Waals surface area (Å²) >= 11 is 0. The van der Waals surface area contributed by atoms with Crippen LogP contribution >= 0.6 is 0 Å². The highest BCUT2D eigenvalue weighted by atomic mass is 32.2. The second-order valence-corrected chi connectivity index (χ2v) is 10.6. The number of anilines is 1. The highest BCUT2D eigenvalue weighted by Gasteiger charge is 2.35. The normalized spacial score (nSPS) is 17.5. The summed E-state index contributed by atoms with van der Waals surface area (Å²) in [6, 6.07) is 15.8. The van der Waals surface area contributed by atoms with Crippen LogP contribution in [0, 0.1) is 13.8 Å². The molecule has 33 heavy (non-hydrogen) atoms. The average Bonchev–Trinajstić information content (AvgIpc) is 3.35. The van der Waals surface area contributed by atoms with Gasteiger partial charge in [0.15, 0.2) is 0 Å². The minimum atomic E-state index is -3.78. The van der Waals surface area contributed by atoms with E-state index in [2.05, 4.69) is 22.5 Å². The zero-order chi connectivity index (χ0) is 23.2. The first kappa shape index (κ1) is 21.7. The molecule has 2 heterocycles. The molecule has 3 aromatic rings. The summed E-state index contributed by atoms with van der Waals surface area (Å²) < 4.78 is 30.1. The predicted octanol–water partition coefficient (Wildman–Crippen LogP) is 3.45. The molecule has 0 fully saturated rings. The summed E-state index contributed by atoms with van der Waals surface area (Å²) in [5.41, 5.74) is 5.08. The lowest BCUT2D eigenvalue weighted by atomic mass is 9.88. The van der Waals surface area contributed by atoms with Crippen LogP contribution in [0.1, 0.15) is 47.0 Å². The Labute approximate surface area is 194 Å². The molecule has 2 aliphatic rings. The van der Waals surface area contributed by atoms with Crippen LogP contribution in [0.15, 0.2) is 53.4 Å². The SMILES string of the molecule is Cc1nn(CC(=O)N[C@H]2CCCc3ccccc32)c(C)c1S(=O)(=O)N1CCc2ccccc21. The summed E-state index contributed by atoms with van der Waals surface area (Å²) in [4.78, 5) is 13.1. The monoisotopic (exact) mass is 464 g/mol. The number of carbonyl (C=O) groups is 1. The first-order valence-corrected chi connectivity index (χ1v) is 12.8. The van der Waals surface area contributed by atoms with Crippen molar-refractivity contribution in [1.82, 2.24) is 15.1 Å². The molecule has 5 rings (SSSR count). The molecule has 1 amide bonds. The molecule has 7 nitrogen and oxygen atoms in total. The third kappa shape index (κ3) is 3.82. The molecule has 0 saturated heterocycles. The predicted molar refractivity (Wildman–Crippen MR) is 127 cm³/mol. The summed E-state index contributed by atoms with van der Waals surface area (Å²) in [7, 11) is -3.78. The van der Waals surface area contributed by atoms with Gasteiger partial charge in [-0.1, -0.05) is 42.5 Å². The lowest BCUT2D eigenvalue weighted by molar-refractivity contribution is -0.122. The van der Waals surface area contributed by atoms with Crippen LogP contribution in [-0.4, -0.2) is 30.7 Å². The van der Waals surface area contributed by atoms with Crippen molar-refractivity contribution in [2.75, 3.05) is 10.8 Å². The van der Waals surface area contributed by atoms with E-state index < -0.39 is 10.0 Å². The number of sulfonamides is 1. The van der Waals surface area contributed by atoms with E-state index in [0.29, 0.717) is 24.4 Å². The fraction of sp³-hybridized carbons (Fsp3) is 0.360. The molecule has 172 valence electrons. The molecule has 8 heteroatoms. The van der Waals surface area contributed by atoms with Crippen molar-refractivity contribution in [3.63, 3.8) is 0 Å². The van der Waals surface area contributed by atoms with Gasteiger partial charge in [0.05, 0.1) is 23.1 Å². The van der Waals surface area contributed by atoms with E-state index >= 15 is 0 Å². The summed E-state index contributed by atoms with van der Waals surface area (Å²) in [6.07, 6.45) is 3.64. The lowest BCUT2D eigenvalue weighted by Gasteiger charge is -2.26. The summed E-state index contributed by atoms with van der Waals surface area (Å²) in [5, 5.41) is 7.56. The second-order valence-electron chi connectivity index (χ2n) is 8.82. The standard InChI is InChI=1S/C25H28N4O3S/c1-17-25(33(31,32)29-15-14-20-9-4-6-13-23(20)29)18(2)28(27-17)16-24(30)26-22-12-7-10-19-8-3-5-11-21(19)22/h3-6,8-9,11,13,22H,7,10,12,14-16H2,1-2H3,(H,26,30)/t22-/m0/s1. The molecule has 2 aromatic carbocycles. The first-order valence-electron chi connectivity index (χ1n) is 11.4. The highest BCUT2D eigenvalue weighted by Crippen LogP contribution is 2.34. The zero-order valence-electron chi connectivity index (χ0n) is 18.9. The Bertz CT molecular complexity index is 1330. The molecule has 1 aliphatic carbocycles. The molecular formula is C25H28N4O3S. The van der Waals surface area contributed by atoms with Crippen LogP contribution < -0.4 is 9.62 Å². The minimum Gasteiger partial charge on any atom is -0.348 e. The van der Waals surface area contributed by atoms with Gasteiger partial charge >= 0.3 is 0 Å². The maximum absolute atomic E-state index is 13.6. The molecule has 0 bridgehead atoms.